The molecule has 0 saturated carbocycles. The van der Waals surface area contributed by atoms with E-state index in [4.69, 9.17) is 9.47 Å². The zero-order chi connectivity index (χ0) is 34.3. The summed E-state index contributed by atoms with van der Waals surface area (Å²) in [5.74, 6) is -4.30. The van der Waals surface area contributed by atoms with Gasteiger partial charge in [0.05, 0.1) is 39.9 Å². The Kier molecular flexibility index (Phi) is 8.97. The number of aromatic nitrogens is 1. The van der Waals surface area contributed by atoms with Gasteiger partial charge in [-0.2, -0.15) is 26.3 Å². The lowest BCUT2D eigenvalue weighted by atomic mass is 10.1. The van der Waals surface area contributed by atoms with Crippen molar-refractivity contribution in [2.45, 2.75) is 19.0 Å². The van der Waals surface area contributed by atoms with Crippen molar-refractivity contribution < 1.29 is 54.9 Å². The molecule has 1 aromatic heterocycles. The molecule has 0 spiro atoms. The minimum atomic E-state index is -4.64. The zero-order valence-corrected chi connectivity index (χ0v) is 24.8. The van der Waals surface area contributed by atoms with Gasteiger partial charge < -0.3 is 14.6 Å². The number of ether oxygens (including phenoxy) is 2. The summed E-state index contributed by atoms with van der Waals surface area (Å²) in [5, 5.41) is 9.70. The lowest BCUT2D eigenvalue weighted by Gasteiger charge is -2.15. The number of hydrogen-bond donors (Lipinski definition) is 1. The standard InChI is InChI=1S/C32H17BrF7NO6/c33-23-14-41(21-9-10-25(24(34)13-21)46-29(44)17-1-5-19(6-2-17)31(35,36)37)28(43)27-22(23)11-16(15-42)12-26(27)47-30(45)18-3-7-20(8-4-18)32(38,39)40/h1-14,42H,15H2. The number of aliphatic hydroxyl groups is 1. The van der Waals surface area contributed by atoms with Gasteiger partial charge in [-0.15, -0.1) is 0 Å². The van der Waals surface area contributed by atoms with E-state index in [1.165, 1.54) is 24.4 Å². The van der Waals surface area contributed by atoms with Crippen LogP contribution >= 0.6 is 15.9 Å². The summed E-state index contributed by atoms with van der Waals surface area (Å²) in [4.78, 5) is 39.0. The first-order valence-electron chi connectivity index (χ1n) is 13.1. The van der Waals surface area contributed by atoms with Gasteiger partial charge in [0, 0.05) is 22.1 Å². The fraction of sp³-hybridized carbons (Fsp3) is 0.0938. The highest BCUT2D eigenvalue weighted by Gasteiger charge is 2.31. The van der Waals surface area contributed by atoms with E-state index in [1.807, 2.05) is 0 Å². The number of carbonyl (C=O) groups excluding carboxylic acids is 2. The SMILES string of the molecule is O=C(Oc1ccc(-n2cc(Br)c3cc(CO)cc(OC(=O)c4ccc(C(F)(F)F)cc4)c3c2=O)cc1F)c1ccc(C(F)(F)F)cc1. The summed E-state index contributed by atoms with van der Waals surface area (Å²) in [5.41, 5.74) is -3.25. The summed E-state index contributed by atoms with van der Waals surface area (Å²) in [6.07, 6.45) is -8.01. The first-order chi connectivity index (χ1) is 22.1. The van der Waals surface area contributed by atoms with Crippen molar-refractivity contribution in [2.75, 3.05) is 0 Å². The molecule has 5 rings (SSSR count). The monoisotopic (exact) mass is 723 g/mol. The first kappa shape index (κ1) is 33.3. The largest absolute Gasteiger partial charge is 0.422 e. The molecule has 0 aliphatic carbocycles. The predicted molar refractivity (Wildman–Crippen MR) is 156 cm³/mol. The van der Waals surface area contributed by atoms with E-state index < -0.39 is 59.2 Å². The van der Waals surface area contributed by atoms with Crippen molar-refractivity contribution in [3.05, 3.63) is 134 Å². The fourth-order valence-electron chi connectivity index (χ4n) is 4.44. The number of alkyl halides is 6. The van der Waals surface area contributed by atoms with Crippen molar-refractivity contribution in [1.82, 2.24) is 4.57 Å². The zero-order valence-electron chi connectivity index (χ0n) is 23.2. The number of esters is 2. The number of carbonyl (C=O) groups is 2. The Labute approximate surface area is 267 Å². The second-order valence-electron chi connectivity index (χ2n) is 9.87. The number of benzene rings is 4. The summed E-state index contributed by atoms with van der Waals surface area (Å²) >= 11 is 3.30. The van der Waals surface area contributed by atoms with E-state index in [2.05, 4.69) is 15.9 Å². The van der Waals surface area contributed by atoms with Gasteiger partial charge in [0.25, 0.3) is 5.56 Å². The second-order valence-corrected chi connectivity index (χ2v) is 10.7. The molecule has 1 N–H and O–H groups in total. The van der Waals surface area contributed by atoms with E-state index in [9.17, 15) is 45.8 Å². The van der Waals surface area contributed by atoms with Crippen LogP contribution in [0.5, 0.6) is 11.5 Å². The van der Waals surface area contributed by atoms with Gasteiger partial charge in [-0.3, -0.25) is 9.36 Å². The number of halogens is 8. The van der Waals surface area contributed by atoms with E-state index in [0.29, 0.717) is 24.3 Å². The second kappa shape index (κ2) is 12.6. The Bertz CT molecular complexity index is 2070. The third-order valence-electron chi connectivity index (χ3n) is 6.77. The van der Waals surface area contributed by atoms with Gasteiger partial charge in [0.15, 0.2) is 11.6 Å². The quantitative estimate of drug-likeness (QED) is 0.109. The van der Waals surface area contributed by atoms with E-state index in [1.54, 1.807) is 0 Å². The summed E-state index contributed by atoms with van der Waals surface area (Å²) < 4.78 is 104. The maximum Gasteiger partial charge on any atom is 0.416 e. The molecule has 0 radical (unpaired) electrons. The van der Waals surface area contributed by atoms with Crippen LogP contribution in [0.1, 0.15) is 37.4 Å². The molecular formula is C32H17BrF7NO6. The molecule has 15 heteroatoms. The van der Waals surface area contributed by atoms with Crippen LogP contribution in [0.25, 0.3) is 16.5 Å². The van der Waals surface area contributed by atoms with Crippen molar-refractivity contribution in [2.24, 2.45) is 0 Å². The average Bonchev–Trinajstić information content (AvgIpc) is 3.02. The van der Waals surface area contributed by atoms with E-state index >= 15 is 4.39 Å². The third-order valence-corrected chi connectivity index (χ3v) is 7.40. The van der Waals surface area contributed by atoms with Gasteiger partial charge in [-0.05, 0) is 94.3 Å². The predicted octanol–water partition coefficient (Wildman–Crippen LogP) is 7.86. The molecule has 0 fully saturated rings. The van der Waals surface area contributed by atoms with E-state index in [0.717, 1.165) is 41.0 Å². The minimum absolute atomic E-state index is 0.0873. The molecule has 0 saturated heterocycles. The number of hydrogen-bond acceptors (Lipinski definition) is 6. The number of nitrogens with zero attached hydrogens (tertiary/aromatic N) is 1. The smallest absolute Gasteiger partial charge is 0.416 e. The van der Waals surface area contributed by atoms with Crippen molar-refractivity contribution in [3.8, 4) is 17.2 Å². The van der Waals surface area contributed by atoms with Crippen molar-refractivity contribution in [3.63, 3.8) is 0 Å². The van der Waals surface area contributed by atoms with Gasteiger partial charge >= 0.3 is 24.3 Å². The van der Waals surface area contributed by atoms with Gasteiger partial charge in [0.2, 0.25) is 0 Å². The Morgan fingerprint density at radius 1 is 0.745 bits per heavy atom. The highest BCUT2D eigenvalue weighted by molar-refractivity contribution is 9.10. The van der Waals surface area contributed by atoms with Crippen molar-refractivity contribution >= 4 is 38.6 Å². The summed E-state index contributed by atoms with van der Waals surface area (Å²) in [6, 6.07) is 11.9. The van der Waals surface area contributed by atoms with Crippen LogP contribution in [0.4, 0.5) is 30.7 Å². The number of aliphatic hydroxyl groups excluding tert-OH is 1. The summed E-state index contributed by atoms with van der Waals surface area (Å²) in [6.45, 7) is -0.534. The van der Waals surface area contributed by atoms with Gasteiger partial charge in [-0.1, -0.05) is 0 Å². The Balaban J connectivity index is 1.48. The molecule has 242 valence electrons. The lowest BCUT2D eigenvalue weighted by Crippen LogP contribution is -2.20. The van der Waals surface area contributed by atoms with Crippen LogP contribution in [0.2, 0.25) is 0 Å². The molecule has 47 heavy (non-hydrogen) atoms. The van der Waals surface area contributed by atoms with E-state index in [-0.39, 0.29) is 43.4 Å². The van der Waals surface area contributed by atoms with Crippen molar-refractivity contribution in [1.29, 1.82) is 0 Å². The molecule has 0 bridgehead atoms. The molecular weight excluding hydrogens is 707 g/mol. The highest BCUT2D eigenvalue weighted by atomic mass is 79.9. The van der Waals surface area contributed by atoms with Gasteiger partial charge in [0.1, 0.15) is 5.75 Å². The maximum absolute atomic E-state index is 15.1. The maximum atomic E-state index is 15.1. The number of pyridine rings is 1. The first-order valence-corrected chi connectivity index (χ1v) is 13.9. The molecule has 4 aromatic carbocycles. The Morgan fingerprint density at radius 3 is 1.72 bits per heavy atom. The molecule has 0 atom stereocenters. The average molecular weight is 724 g/mol. The molecule has 0 unspecified atom stereocenters. The summed E-state index contributed by atoms with van der Waals surface area (Å²) in [7, 11) is 0. The molecule has 0 amide bonds. The molecule has 5 aromatic rings. The topological polar surface area (TPSA) is 94.8 Å². The Hall–Kier alpha value is -5.02. The number of fused-ring (bicyclic) bond motifs is 1. The minimum Gasteiger partial charge on any atom is -0.422 e. The fourth-order valence-corrected chi connectivity index (χ4v) is 4.96. The molecule has 0 aliphatic rings. The lowest BCUT2D eigenvalue weighted by molar-refractivity contribution is -0.138. The van der Waals surface area contributed by atoms with Crippen LogP contribution in [-0.2, 0) is 19.0 Å². The number of rotatable bonds is 6. The third kappa shape index (κ3) is 7.05. The van der Waals surface area contributed by atoms with Crippen LogP contribution in [0.3, 0.4) is 0 Å². The van der Waals surface area contributed by atoms with Gasteiger partial charge in [-0.25, -0.2) is 14.0 Å². The van der Waals surface area contributed by atoms with Crippen LogP contribution in [-0.4, -0.2) is 21.6 Å². The molecule has 1 heterocycles. The van der Waals surface area contributed by atoms with Crippen LogP contribution in [0, 0.1) is 5.82 Å². The normalized spacial score (nSPS) is 11.9. The highest BCUT2D eigenvalue weighted by Crippen LogP contribution is 2.34. The van der Waals surface area contributed by atoms with Crippen LogP contribution < -0.4 is 15.0 Å². The molecule has 7 nitrogen and oxygen atoms in total. The Morgan fingerprint density at radius 2 is 1.26 bits per heavy atom. The molecule has 0 aliphatic heterocycles. The van der Waals surface area contributed by atoms with Crippen LogP contribution in [0.15, 0.2) is 94.3 Å².